The molecule has 0 radical (unpaired) electrons. The standard InChI is InChI=1S/C15H10FNO2/c16-14-7-11(8-17)5-6-15(14)19-10-13-4-2-1-3-12(13)9-18/h1-7,9H,10H2. The van der Waals surface area contributed by atoms with Gasteiger partial charge in [0.25, 0.3) is 0 Å². The van der Waals surface area contributed by atoms with E-state index < -0.39 is 5.82 Å². The van der Waals surface area contributed by atoms with Crippen molar-refractivity contribution in [2.75, 3.05) is 0 Å². The van der Waals surface area contributed by atoms with Crippen LogP contribution in [-0.2, 0) is 6.61 Å². The van der Waals surface area contributed by atoms with Crippen LogP contribution >= 0.6 is 0 Å². The molecule has 3 nitrogen and oxygen atoms in total. The number of benzene rings is 2. The fourth-order valence-electron chi connectivity index (χ4n) is 1.62. The summed E-state index contributed by atoms with van der Waals surface area (Å²) in [6.07, 6.45) is 0.730. The monoisotopic (exact) mass is 255 g/mol. The summed E-state index contributed by atoms with van der Waals surface area (Å²) in [6.45, 7) is 0.0950. The predicted molar refractivity (Wildman–Crippen MR) is 67.3 cm³/mol. The summed E-state index contributed by atoms with van der Waals surface area (Å²) in [5, 5.41) is 8.63. The lowest BCUT2D eigenvalue weighted by atomic mass is 10.1. The van der Waals surface area contributed by atoms with Crippen molar-refractivity contribution < 1.29 is 13.9 Å². The molecule has 0 aliphatic carbocycles. The van der Waals surface area contributed by atoms with Crippen LogP contribution in [0, 0.1) is 17.1 Å². The number of hydrogen-bond donors (Lipinski definition) is 0. The van der Waals surface area contributed by atoms with Crippen LogP contribution in [0.15, 0.2) is 42.5 Å². The third kappa shape index (κ3) is 2.96. The Bertz CT molecular complexity index is 647. The minimum Gasteiger partial charge on any atom is -0.486 e. The van der Waals surface area contributed by atoms with Crippen LogP contribution in [0.5, 0.6) is 5.75 Å². The van der Waals surface area contributed by atoms with Crippen LogP contribution in [-0.4, -0.2) is 6.29 Å². The Kier molecular flexibility index (Phi) is 3.89. The Morgan fingerprint density at radius 1 is 1.26 bits per heavy atom. The first-order valence-corrected chi connectivity index (χ1v) is 5.60. The Balaban J connectivity index is 2.15. The van der Waals surface area contributed by atoms with Gasteiger partial charge in [0.05, 0.1) is 11.6 Å². The van der Waals surface area contributed by atoms with Gasteiger partial charge in [-0.1, -0.05) is 24.3 Å². The first-order chi connectivity index (χ1) is 9.24. The molecule has 2 aromatic carbocycles. The van der Waals surface area contributed by atoms with Gasteiger partial charge in [-0.15, -0.1) is 0 Å². The highest BCUT2D eigenvalue weighted by atomic mass is 19.1. The molecule has 0 aliphatic rings. The van der Waals surface area contributed by atoms with E-state index in [-0.39, 0.29) is 17.9 Å². The molecule has 0 bridgehead atoms. The summed E-state index contributed by atoms with van der Waals surface area (Å²) in [5.41, 5.74) is 1.43. The van der Waals surface area contributed by atoms with Crippen LogP contribution in [0.1, 0.15) is 21.5 Å². The van der Waals surface area contributed by atoms with E-state index in [1.807, 2.05) is 6.07 Å². The average molecular weight is 255 g/mol. The molecule has 0 aromatic heterocycles. The topological polar surface area (TPSA) is 50.1 Å². The van der Waals surface area contributed by atoms with Gasteiger partial charge < -0.3 is 4.74 Å². The fourth-order valence-corrected chi connectivity index (χ4v) is 1.62. The van der Waals surface area contributed by atoms with E-state index in [0.29, 0.717) is 11.1 Å². The Morgan fingerprint density at radius 3 is 2.74 bits per heavy atom. The Labute approximate surface area is 109 Å². The molecular formula is C15H10FNO2. The van der Waals surface area contributed by atoms with E-state index in [0.717, 1.165) is 12.4 Å². The zero-order valence-electron chi connectivity index (χ0n) is 9.97. The zero-order valence-corrected chi connectivity index (χ0v) is 9.97. The van der Waals surface area contributed by atoms with Crippen LogP contribution in [0.4, 0.5) is 4.39 Å². The molecule has 0 fully saturated rings. The van der Waals surface area contributed by atoms with Gasteiger partial charge in [-0.25, -0.2) is 4.39 Å². The van der Waals surface area contributed by atoms with Crippen LogP contribution in [0.2, 0.25) is 0 Å². The van der Waals surface area contributed by atoms with Crippen LogP contribution in [0.25, 0.3) is 0 Å². The van der Waals surface area contributed by atoms with Crippen LogP contribution in [0.3, 0.4) is 0 Å². The average Bonchev–Trinajstić information content (AvgIpc) is 2.46. The number of halogens is 1. The highest BCUT2D eigenvalue weighted by Gasteiger charge is 2.06. The smallest absolute Gasteiger partial charge is 0.166 e. The molecule has 0 amide bonds. The molecule has 0 saturated heterocycles. The number of ether oxygens (including phenoxy) is 1. The molecule has 0 unspecified atom stereocenters. The predicted octanol–water partition coefficient (Wildman–Crippen LogP) is 3.09. The van der Waals surface area contributed by atoms with E-state index in [1.165, 1.54) is 12.1 Å². The van der Waals surface area contributed by atoms with Crippen molar-refractivity contribution >= 4 is 6.29 Å². The number of aldehydes is 1. The first kappa shape index (κ1) is 12.8. The molecule has 0 atom stereocenters. The highest BCUT2D eigenvalue weighted by Crippen LogP contribution is 2.20. The van der Waals surface area contributed by atoms with Crippen molar-refractivity contribution in [1.29, 1.82) is 5.26 Å². The summed E-state index contributed by atoms with van der Waals surface area (Å²) < 4.78 is 18.9. The van der Waals surface area contributed by atoms with E-state index >= 15 is 0 Å². The number of rotatable bonds is 4. The number of nitriles is 1. The fraction of sp³-hybridized carbons (Fsp3) is 0.0667. The normalized spacial score (nSPS) is 9.68. The second-order valence-electron chi connectivity index (χ2n) is 3.86. The van der Waals surface area contributed by atoms with Crippen molar-refractivity contribution in [2.45, 2.75) is 6.61 Å². The minimum absolute atomic E-state index is 0.0553. The summed E-state index contributed by atoms with van der Waals surface area (Å²) in [6, 6.07) is 12.8. The third-order valence-electron chi connectivity index (χ3n) is 2.63. The molecule has 2 aromatic rings. The van der Waals surface area contributed by atoms with E-state index in [4.69, 9.17) is 10.00 Å². The molecule has 0 heterocycles. The first-order valence-electron chi connectivity index (χ1n) is 5.60. The van der Waals surface area contributed by atoms with E-state index in [9.17, 15) is 9.18 Å². The minimum atomic E-state index is -0.595. The molecule has 0 spiro atoms. The maximum atomic E-state index is 13.6. The van der Waals surface area contributed by atoms with Gasteiger partial charge in [-0.2, -0.15) is 5.26 Å². The Morgan fingerprint density at radius 2 is 2.05 bits per heavy atom. The summed E-state index contributed by atoms with van der Waals surface area (Å²) >= 11 is 0. The van der Waals surface area contributed by atoms with Crippen molar-refractivity contribution in [3.8, 4) is 11.8 Å². The number of carbonyl (C=O) groups excluding carboxylic acids is 1. The molecular weight excluding hydrogens is 245 g/mol. The third-order valence-corrected chi connectivity index (χ3v) is 2.63. The second-order valence-corrected chi connectivity index (χ2v) is 3.86. The molecule has 0 N–H and O–H groups in total. The van der Waals surface area contributed by atoms with E-state index in [1.54, 1.807) is 24.3 Å². The SMILES string of the molecule is N#Cc1ccc(OCc2ccccc2C=O)c(F)c1. The molecule has 0 aliphatic heterocycles. The summed E-state index contributed by atoms with van der Waals surface area (Å²) in [7, 11) is 0. The molecule has 94 valence electrons. The molecule has 19 heavy (non-hydrogen) atoms. The van der Waals surface area contributed by atoms with Gasteiger partial charge in [-0.3, -0.25) is 4.79 Å². The zero-order chi connectivity index (χ0) is 13.7. The van der Waals surface area contributed by atoms with Gasteiger partial charge in [0.1, 0.15) is 12.9 Å². The molecule has 2 rings (SSSR count). The van der Waals surface area contributed by atoms with Gasteiger partial charge in [-0.05, 0) is 23.8 Å². The number of hydrogen-bond acceptors (Lipinski definition) is 3. The lowest BCUT2D eigenvalue weighted by Gasteiger charge is -2.08. The van der Waals surface area contributed by atoms with Crippen molar-refractivity contribution in [3.05, 3.63) is 65.0 Å². The molecule has 4 heteroatoms. The van der Waals surface area contributed by atoms with Gasteiger partial charge >= 0.3 is 0 Å². The van der Waals surface area contributed by atoms with Gasteiger partial charge in [0.2, 0.25) is 0 Å². The van der Waals surface area contributed by atoms with Crippen molar-refractivity contribution in [3.63, 3.8) is 0 Å². The summed E-state index contributed by atoms with van der Waals surface area (Å²) in [4.78, 5) is 10.8. The van der Waals surface area contributed by atoms with Crippen molar-refractivity contribution in [2.24, 2.45) is 0 Å². The highest BCUT2D eigenvalue weighted by molar-refractivity contribution is 5.77. The lowest BCUT2D eigenvalue weighted by molar-refractivity contribution is 0.112. The lowest BCUT2D eigenvalue weighted by Crippen LogP contribution is -2.01. The Hall–Kier alpha value is -2.67. The second kappa shape index (κ2) is 5.78. The summed E-state index contributed by atoms with van der Waals surface area (Å²) in [5.74, 6) is -0.540. The van der Waals surface area contributed by atoms with Crippen molar-refractivity contribution in [1.82, 2.24) is 0 Å². The van der Waals surface area contributed by atoms with Gasteiger partial charge in [0, 0.05) is 5.56 Å². The van der Waals surface area contributed by atoms with Crippen LogP contribution < -0.4 is 4.74 Å². The maximum absolute atomic E-state index is 13.6. The maximum Gasteiger partial charge on any atom is 0.166 e. The van der Waals surface area contributed by atoms with Gasteiger partial charge in [0.15, 0.2) is 11.6 Å². The van der Waals surface area contributed by atoms with E-state index in [2.05, 4.69) is 0 Å². The quantitative estimate of drug-likeness (QED) is 0.789. The number of nitrogens with zero attached hydrogens (tertiary/aromatic N) is 1. The molecule has 0 saturated carbocycles. The largest absolute Gasteiger partial charge is 0.486 e. The number of carbonyl (C=O) groups is 1.